The summed E-state index contributed by atoms with van der Waals surface area (Å²) >= 11 is 0. The molecule has 37 heavy (non-hydrogen) atoms. The molecule has 2 saturated carbocycles. The van der Waals surface area contributed by atoms with E-state index in [1.165, 1.54) is 0 Å². The summed E-state index contributed by atoms with van der Waals surface area (Å²) < 4.78 is 13.5. The molecule has 0 amide bonds. The van der Waals surface area contributed by atoms with Gasteiger partial charge in [-0.15, -0.1) is 0 Å². The molecule has 0 aromatic carbocycles. The lowest BCUT2D eigenvalue weighted by atomic mass is 9.45. The Kier molecular flexibility index (Phi) is 5.42. The Morgan fingerprint density at radius 1 is 1.30 bits per heavy atom. The minimum Gasteiger partial charge on any atom is -0.423 e. The average Bonchev–Trinajstić information content (AvgIpc) is 3.45. The van der Waals surface area contributed by atoms with Gasteiger partial charge in [0.05, 0.1) is 30.5 Å². The van der Waals surface area contributed by atoms with Gasteiger partial charge in [-0.3, -0.25) is 0 Å². The van der Waals surface area contributed by atoms with Crippen LogP contribution in [0.4, 0.5) is 5.95 Å². The summed E-state index contributed by atoms with van der Waals surface area (Å²) in [5.41, 5.74) is 6.81. The number of aliphatic hydroxyl groups is 2. The van der Waals surface area contributed by atoms with Crippen molar-refractivity contribution in [2.45, 2.75) is 51.2 Å². The topological polar surface area (TPSA) is 136 Å². The molecule has 3 fully saturated rings. The molecular formula is C28H34N4O5. The lowest BCUT2D eigenvalue weighted by Gasteiger charge is -2.60. The van der Waals surface area contributed by atoms with E-state index in [1.807, 2.05) is 30.8 Å². The maximum Gasteiger partial charge on any atom is 0.343 e. The number of rotatable bonds is 4. The molecule has 2 aliphatic heterocycles. The van der Waals surface area contributed by atoms with Gasteiger partial charge in [-0.25, -0.2) is 9.78 Å². The van der Waals surface area contributed by atoms with E-state index in [4.69, 9.17) is 15.2 Å². The Balaban J connectivity index is 1.31. The van der Waals surface area contributed by atoms with E-state index in [2.05, 4.69) is 23.0 Å². The van der Waals surface area contributed by atoms with E-state index in [0.29, 0.717) is 30.0 Å². The highest BCUT2D eigenvalue weighted by molar-refractivity contribution is 5.97. The molecule has 1 spiro atoms. The van der Waals surface area contributed by atoms with Gasteiger partial charge in [0.15, 0.2) is 0 Å². The number of aromatic nitrogens is 3. The number of anilines is 1. The van der Waals surface area contributed by atoms with Crippen LogP contribution in [0, 0.1) is 22.7 Å². The molecule has 4 aliphatic rings. The molecule has 9 nitrogen and oxygen atoms in total. The van der Waals surface area contributed by atoms with E-state index < -0.39 is 17.5 Å². The summed E-state index contributed by atoms with van der Waals surface area (Å²) in [6.07, 6.45) is 13.8. The van der Waals surface area contributed by atoms with Crippen LogP contribution in [0.3, 0.4) is 0 Å². The van der Waals surface area contributed by atoms with Gasteiger partial charge < -0.3 is 30.0 Å². The van der Waals surface area contributed by atoms with Crippen molar-refractivity contribution in [3.8, 4) is 0 Å². The highest BCUT2D eigenvalue weighted by Crippen LogP contribution is 2.65. The Morgan fingerprint density at radius 2 is 2.08 bits per heavy atom. The summed E-state index contributed by atoms with van der Waals surface area (Å²) in [5, 5.41) is 21.9. The number of aryl methyl sites for hydroxylation is 1. The molecule has 4 N–H and O–H groups in total. The number of ether oxygens (including phenoxy) is 2. The molecule has 1 saturated heterocycles. The van der Waals surface area contributed by atoms with Crippen LogP contribution in [0.25, 0.3) is 17.1 Å². The van der Waals surface area contributed by atoms with Crippen molar-refractivity contribution in [2.24, 2.45) is 29.7 Å². The number of epoxide rings is 1. The number of fused-ring (bicyclic) bond motifs is 2. The molecule has 6 rings (SSSR count). The fourth-order valence-electron chi connectivity index (χ4n) is 7.40. The molecule has 9 heteroatoms. The predicted molar refractivity (Wildman–Crippen MR) is 138 cm³/mol. The summed E-state index contributed by atoms with van der Waals surface area (Å²) in [6.45, 7) is 4.92. The largest absolute Gasteiger partial charge is 0.423 e. The minimum absolute atomic E-state index is 0.0455. The second-order valence-electron chi connectivity index (χ2n) is 11.7. The highest BCUT2D eigenvalue weighted by Gasteiger charge is 2.66. The van der Waals surface area contributed by atoms with E-state index in [9.17, 15) is 15.0 Å². The van der Waals surface area contributed by atoms with Crippen molar-refractivity contribution in [1.82, 2.24) is 14.5 Å². The van der Waals surface area contributed by atoms with Crippen LogP contribution in [0.2, 0.25) is 0 Å². The number of carbonyl (C=O) groups excluding carboxylic acids is 1. The first-order valence-electron chi connectivity index (χ1n) is 12.9. The van der Waals surface area contributed by atoms with Gasteiger partial charge >= 0.3 is 5.97 Å². The quantitative estimate of drug-likeness (QED) is 0.425. The normalized spacial score (nSPS) is 38.4. The van der Waals surface area contributed by atoms with Crippen molar-refractivity contribution < 1.29 is 24.5 Å². The third-order valence-corrected chi connectivity index (χ3v) is 9.57. The summed E-state index contributed by atoms with van der Waals surface area (Å²) in [5.74, 6) is 0.481. The van der Waals surface area contributed by atoms with Gasteiger partial charge in [0, 0.05) is 41.7 Å². The molecule has 2 aromatic rings. The molecular weight excluding hydrogens is 472 g/mol. The number of hydrogen-bond donors (Lipinski definition) is 3. The first-order valence-corrected chi connectivity index (χ1v) is 12.9. The van der Waals surface area contributed by atoms with Gasteiger partial charge in [0.25, 0.3) is 0 Å². The van der Waals surface area contributed by atoms with Crippen LogP contribution in [0.1, 0.15) is 45.1 Å². The Labute approximate surface area is 215 Å². The molecule has 0 bridgehead atoms. The van der Waals surface area contributed by atoms with E-state index in [1.54, 1.807) is 18.3 Å². The van der Waals surface area contributed by atoms with Crippen LogP contribution < -0.4 is 5.73 Å². The Bertz CT molecular complexity index is 1370. The van der Waals surface area contributed by atoms with Crippen molar-refractivity contribution in [3.05, 3.63) is 47.5 Å². The van der Waals surface area contributed by atoms with Crippen LogP contribution in [-0.2, 0) is 21.3 Å². The van der Waals surface area contributed by atoms with E-state index in [0.717, 1.165) is 30.2 Å². The zero-order valence-corrected chi connectivity index (χ0v) is 21.5. The zero-order valence-electron chi connectivity index (χ0n) is 21.5. The number of allylic oxidation sites excluding steroid dienone is 1. The standard InChI is InChI=1S/C28H34N4O5/c1-26-8-7-22(34)27(2,14-33)20(26)6-9-28(15-36-28)21(26)5-4-16-10-18(37-24(16)35)11-17-13-32(3)23-19(17)12-30-25(29)31-23/h4-5,10-13,20-22,33-34H,6-9,14-15H2,1-3H3,(H2,29,30,31)/t20?,21?,22-,26+,27+,28?/m1/s1. The number of hydrogen-bond acceptors (Lipinski definition) is 8. The molecule has 4 heterocycles. The fraction of sp³-hybridized carbons (Fsp3) is 0.536. The van der Waals surface area contributed by atoms with Gasteiger partial charge in [0.1, 0.15) is 11.4 Å². The van der Waals surface area contributed by atoms with Crippen LogP contribution >= 0.6 is 0 Å². The Morgan fingerprint density at radius 3 is 2.81 bits per heavy atom. The highest BCUT2D eigenvalue weighted by atomic mass is 16.6. The number of carbonyl (C=O) groups is 1. The van der Waals surface area contributed by atoms with Crippen molar-refractivity contribution in [1.29, 1.82) is 0 Å². The minimum atomic E-state index is -0.552. The lowest BCUT2D eigenvalue weighted by Crippen LogP contribution is -2.60. The molecule has 2 aliphatic carbocycles. The van der Waals surface area contributed by atoms with Crippen LogP contribution in [0.15, 0.2) is 42.0 Å². The maximum absolute atomic E-state index is 12.8. The second kappa shape index (κ2) is 8.24. The van der Waals surface area contributed by atoms with E-state index >= 15 is 0 Å². The first-order chi connectivity index (χ1) is 17.6. The van der Waals surface area contributed by atoms with Crippen LogP contribution in [-0.4, -0.2) is 55.6 Å². The first kappa shape index (κ1) is 24.3. The smallest absolute Gasteiger partial charge is 0.343 e. The monoisotopic (exact) mass is 506 g/mol. The third kappa shape index (κ3) is 3.66. The Hall–Kier alpha value is -3.01. The average molecular weight is 507 g/mol. The number of nitrogens with two attached hydrogens (primary N) is 1. The second-order valence-corrected chi connectivity index (χ2v) is 11.7. The summed E-state index contributed by atoms with van der Waals surface area (Å²) in [6, 6.07) is 0. The molecule has 2 aromatic heterocycles. The number of esters is 1. The number of aliphatic hydroxyl groups excluding tert-OH is 2. The number of nitrogens with zero attached hydrogens (tertiary/aromatic N) is 3. The third-order valence-electron chi connectivity index (χ3n) is 9.57. The summed E-state index contributed by atoms with van der Waals surface area (Å²) in [7, 11) is 1.88. The lowest BCUT2D eigenvalue weighted by molar-refractivity contribution is -0.167. The van der Waals surface area contributed by atoms with Gasteiger partial charge in [-0.2, -0.15) is 4.98 Å². The zero-order chi connectivity index (χ0) is 26.2. The van der Waals surface area contributed by atoms with Crippen molar-refractivity contribution in [3.63, 3.8) is 0 Å². The summed E-state index contributed by atoms with van der Waals surface area (Å²) in [4.78, 5) is 21.1. The van der Waals surface area contributed by atoms with E-state index in [-0.39, 0.29) is 35.4 Å². The van der Waals surface area contributed by atoms with Gasteiger partial charge in [0.2, 0.25) is 5.95 Å². The predicted octanol–water partition coefficient (Wildman–Crippen LogP) is 2.89. The molecule has 6 atom stereocenters. The number of nitrogen functional groups attached to an aromatic ring is 1. The maximum atomic E-state index is 12.8. The van der Waals surface area contributed by atoms with Crippen LogP contribution in [0.5, 0.6) is 0 Å². The van der Waals surface area contributed by atoms with Crippen molar-refractivity contribution >= 4 is 29.0 Å². The van der Waals surface area contributed by atoms with Crippen molar-refractivity contribution in [2.75, 3.05) is 18.9 Å². The fourth-order valence-corrected chi connectivity index (χ4v) is 7.40. The SMILES string of the molecule is Cn1cc(C=C2C=C(C=CC3C4(CCC5[C@]3(C)CC[C@@H](O)[C@@]5(C)CO)CO4)C(=O)O2)c2cnc(N)nc21. The van der Waals surface area contributed by atoms with Gasteiger partial charge in [-0.1, -0.05) is 26.0 Å². The molecule has 3 unspecified atom stereocenters. The van der Waals surface area contributed by atoms with Gasteiger partial charge in [-0.05, 0) is 49.2 Å². The molecule has 196 valence electrons. The number of cyclic esters (lactones) is 1. The molecule has 0 radical (unpaired) electrons.